The molecule has 5 nitrogen and oxygen atoms in total. The maximum absolute atomic E-state index is 12.1. The molecule has 2 atom stereocenters. The molecule has 0 bridgehead atoms. The van der Waals surface area contributed by atoms with E-state index < -0.39 is 0 Å². The molecule has 0 aromatic heterocycles. The number of anilines is 1. The van der Waals surface area contributed by atoms with Gasteiger partial charge in [-0.15, -0.1) is 0 Å². The summed E-state index contributed by atoms with van der Waals surface area (Å²) in [5.41, 5.74) is 0.549. The molecule has 2 rings (SSSR count). The molecule has 0 radical (unpaired) electrons. The lowest BCUT2D eigenvalue weighted by Gasteiger charge is -2.18. The van der Waals surface area contributed by atoms with Crippen LogP contribution in [0.2, 0.25) is 5.02 Å². The third kappa shape index (κ3) is 5.52. The summed E-state index contributed by atoms with van der Waals surface area (Å²) in [6.45, 7) is 2.05. The van der Waals surface area contributed by atoms with Crippen molar-refractivity contribution in [1.82, 2.24) is 4.90 Å². The molecule has 1 fully saturated rings. The minimum atomic E-state index is -0.264. The van der Waals surface area contributed by atoms with Crippen LogP contribution in [0, 0.1) is 0 Å². The molecule has 126 valence electrons. The maximum atomic E-state index is 12.1. The SMILES string of the molecule is C[C@H]1CC[C@@H](CCC(=O)N(C)CC(=O)Nc2ccccc2Cl)O1. The van der Waals surface area contributed by atoms with Crippen molar-refractivity contribution in [2.24, 2.45) is 0 Å². The lowest BCUT2D eigenvalue weighted by atomic mass is 10.1. The van der Waals surface area contributed by atoms with Crippen LogP contribution in [0.5, 0.6) is 0 Å². The number of para-hydroxylation sites is 1. The van der Waals surface area contributed by atoms with E-state index in [2.05, 4.69) is 5.32 Å². The minimum Gasteiger partial charge on any atom is -0.375 e. The normalized spacial score (nSPS) is 20.3. The first-order chi connectivity index (χ1) is 11.0. The molecule has 0 aliphatic carbocycles. The molecule has 1 aromatic carbocycles. The number of nitrogens with one attached hydrogen (secondary N) is 1. The molecule has 23 heavy (non-hydrogen) atoms. The third-order valence-electron chi connectivity index (χ3n) is 3.95. The van der Waals surface area contributed by atoms with E-state index in [1.807, 2.05) is 6.92 Å². The lowest BCUT2D eigenvalue weighted by Crippen LogP contribution is -2.35. The molecule has 1 aliphatic rings. The monoisotopic (exact) mass is 338 g/mol. The van der Waals surface area contributed by atoms with Crippen LogP contribution >= 0.6 is 11.6 Å². The Balaban J connectivity index is 1.74. The van der Waals surface area contributed by atoms with Crippen molar-refractivity contribution in [3.05, 3.63) is 29.3 Å². The first-order valence-corrected chi connectivity index (χ1v) is 8.27. The fourth-order valence-electron chi connectivity index (χ4n) is 2.63. The van der Waals surface area contributed by atoms with Crippen LogP contribution in [0.25, 0.3) is 0 Å². The summed E-state index contributed by atoms with van der Waals surface area (Å²) in [6, 6.07) is 7.01. The minimum absolute atomic E-state index is 0.00594. The van der Waals surface area contributed by atoms with Gasteiger partial charge >= 0.3 is 0 Å². The van der Waals surface area contributed by atoms with E-state index in [-0.39, 0.29) is 30.6 Å². The van der Waals surface area contributed by atoms with Crippen LogP contribution in [0.3, 0.4) is 0 Å². The largest absolute Gasteiger partial charge is 0.375 e. The molecular formula is C17H23ClN2O3. The Bertz CT molecular complexity index is 565. The fourth-order valence-corrected chi connectivity index (χ4v) is 2.81. The second-order valence-corrected chi connectivity index (χ2v) is 6.37. The summed E-state index contributed by atoms with van der Waals surface area (Å²) in [7, 11) is 1.63. The zero-order chi connectivity index (χ0) is 16.8. The van der Waals surface area contributed by atoms with Crippen LogP contribution < -0.4 is 5.32 Å². The summed E-state index contributed by atoms with van der Waals surface area (Å²) in [5.74, 6) is -0.317. The Morgan fingerprint density at radius 2 is 2.09 bits per heavy atom. The summed E-state index contributed by atoms with van der Waals surface area (Å²) < 4.78 is 5.70. The number of likely N-dealkylation sites (N-methyl/N-ethyl adjacent to an activating group) is 1. The number of amides is 2. The van der Waals surface area contributed by atoms with Gasteiger partial charge in [-0.05, 0) is 38.3 Å². The van der Waals surface area contributed by atoms with Crippen molar-refractivity contribution in [3.63, 3.8) is 0 Å². The number of hydrogen-bond donors (Lipinski definition) is 1. The highest BCUT2D eigenvalue weighted by Gasteiger charge is 2.23. The Hall–Kier alpha value is -1.59. The topological polar surface area (TPSA) is 58.6 Å². The number of halogens is 1. The molecular weight excluding hydrogens is 316 g/mol. The number of carbonyl (C=O) groups is 2. The first kappa shape index (κ1) is 17.8. The summed E-state index contributed by atoms with van der Waals surface area (Å²) in [4.78, 5) is 25.5. The molecule has 2 amide bonds. The van der Waals surface area contributed by atoms with Gasteiger partial charge in [0.15, 0.2) is 0 Å². The van der Waals surface area contributed by atoms with E-state index in [4.69, 9.17) is 16.3 Å². The lowest BCUT2D eigenvalue weighted by molar-refractivity contribution is -0.133. The highest BCUT2D eigenvalue weighted by Crippen LogP contribution is 2.23. The highest BCUT2D eigenvalue weighted by atomic mass is 35.5. The van der Waals surface area contributed by atoms with E-state index in [1.165, 1.54) is 4.90 Å². The second-order valence-electron chi connectivity index (χ2n) is 5.96. The van der Waals surface area contributed by atoms with Crippen molar-refractivity contribution in [3.8, 4) is 0 Å². The molecule has 0 saturated carbocycles. The second kappa shape index (κ2) is 8.31. The van der Waals surface area contributed by atoms with E-state index in [9.17, 15) is 9.59 Å². The van der Waals surface area contributed by atoms with Crippen LogP contribution in [-0.2, 0) is 14.3 Å². The van der Waals surface area contributed by atoms with Gasteiger partial charge < -0.3 is 15.0 Å². The Labute approximate surface area is 141 Å². The zero-order valence-electron chi connectivity index (χ0n) is 13.5. The highest BCUT2D eigenvalue weighted by molar-refractivity contribution is 6.33. The number of carbonyl (C=O) groups excluding carboxylic acids is 2. The van der Waals surface area contributed by atoms with Crippen molar-refractivity contribution in [1.29, 1.82) is 0 Å². The van der Waals surface area contributed by atoms with Crippen molar-refractivity contribution >= 4 is 29.1 Å². The third-order valence-corrected chi connectivity index (χ3v) is 4.28. The Kier molecular flexibility index (Phi) is 6.42. The van der Waals surface area contributed by atoms with Gasteiger partial charge in [0.2, 0.25) is 11.8 Å². The fraction of sp³-hybridized carbons (Fsp3) is 0.529. The maximum Gasteiger partial charge on any atom is 0.244 e. The van der Waals surface area contributed by atoms with Crippen LogP contribution in [-0.4, -0.2) is 42.5 Å². The van der Waals surface area contributed by atoms with Crippen LogP contribution in [0.15, 0.2) is 24.3 Å². The Morgan fingerprint density at radius 1 is 1.35 bits per heavy atom. The molecule has 0 unspecified atom stereocenters. The van der Waals surface area contributed by atoms with E-state index in [0.29, 0.717) is 23.6 Å². The molecule has 0 spiro atoms. The van der Waals surface area contributed by atoms with Gasteiger partial charge in [-0.2, -0.15) is 0 Å². The first-order valence-electron chi connectivity index (χ1n) is 7.89. The number of nitrogens with zero attached hydrogens (tertiary/aromatic N) is 1. The molecule has 6 heteroatoms. The number of ether oxygens (including phenoxy) is 1. The Morgan fingerprint density at radius 3 is 2.74 bits per heavy atom. The summed E-state index contributed by atoms with van der Waals surface area (Å²) in [6.07, 6.45) is 3.61. The van der Waals surface area contributed by atoms with Crippen molar-refractivity contribution in [2.75, 3.05) is 18.9 Å². The van der Waals surface area contributed by atoms with E-state index in [0.717, 1.165) is 12.8 Å². The van der Waals surface area contributed by atoms with Crippen molar-refractivity contribution < 1.29 is 14.3 Å². The molecule has 1 aromatic rings. The van der Waals surface area contributed by atoms with E-state index in [1.54, 1.807) is 31.3 Å². The standard InChI is InChI=1S/C17H23ClN2O3/c1-12-7-8-13(23-12)9-10-17(22)20(2)11-16(21)19-15-6-4-3-5-14(15)18/h3-6,12-13H,7-11H2,1-2H3,(H,19,21)/t12-,13-/m0/s1. The van der Waals surface area contributed by atoms with Crippen LogP contribution in [0.4, 0.5) is 5.69 Å². The quantitative estimate of drug-likeness (QED) is 0.867. The average Bonchev–Trinajstić information content (AvgIpc) is 2.92. The van der Waals surface area contributed by atoms with Gasteiger partial charge in [-0.25, -0.2) is 0 Å². The molecule has 1 heterocycles. The number of benzene rings is 1. The zero-order valence-corrected chi connectivity index (χ0v) is 14.3. The van der Waals surface area contributed by atoms with Crippen molar-refractivity contribution in [2.45, 2.75) is 44.8 Å². The number of rotatable bonds is 6. The van der Waals surface area contributed by atoms with Crippen LogP contribution in [0.1, 0.15) is 32.6 Å². The predicted molar refractivity (Wildman–Crippen MR) is 90.5 cm³/mol. The molecule has 1 aliphatic heterocycles. The molecule has 1 N–H and O–H groups in total. The van der Waals surface area contributed by atoms with Gasteiger partial charge in [0.1, 0.15) is 0 Å². The van der Waals surface area contributed by atoms with Gasteiger partial charge in [-0.3, -0.25) is 9.59 Å². The molecule has 1 saturated heterocycles. The van der Waals surface area contributed by atoms with Gasteiger partial charge in [0, 0.05) is 13.5 Å². The van der Waals surface area contributed by atoms with Gasteiger partial charge in [-0.1, -0.05) is 23.7 Å². The number of hydrogen-bond acceptors (Lipinski definition) is 3. The van der Waals surface area contributed by atoms with Gasteiger partial charge in [0.05, 0.1) is 29.5 Å². The summed E-state index contributed by atoms with van der Waals surface area (Å²) in [5, 5.41) is 3.18. The predicted octanol–water partition coefficient (Wildman–Crippen LogP) is 3.08. The summed E-state index contributed by atoms with van der Waals surface area (Å²) >= 11 is 5.99. The van der Waals surface area contributed by atoms with Gasteiger partial charge in [0.25, 0.3) is 0 Å². The smallest absolute Gasteiger partial charge is 0.244 e. The average molecular weight is 339 g/mol. The van der Waals surface area contributed by atoms with E-state index >= 15 is 0 Å².